The van der Waals surface area contributed by atoms with Crippen LogP contribution >= 0.6 is 0 Å². The first-order chi connectivity index (χ1) is 12.8. The number of anilines is 1. The van der Waals surface area contributed by atoms with Gasteiger partial charge in [-0.05, 0) is 30.9 Å². The molecular weight excluding hydrogens is 344 g/mol. The molecule has 0 aromatic heterocycles. The first-order valence-electron chi connectivity index (χ1n) is 9.20. The molecule has 0 heterocycles. The first kappa shape index (κ1) is 22.4. The molecule has 0 fully saturated rings. The van der Waals surface area contributed by atoms with Crippen LogP contribution in [0.2, 0.25) is 0 Å². The Hall–Kier alpha value is -2.63. The van der Waals surface area contributed by atoms with E-state index in [1.54, 1.807) is 7.05 Å². The maximum absolute atomic E-state index is 12.6. The van der Waals surface area contributed by atoms with Crippen molar-refractivity contribution in [3.8, 4) is 0 Å². The summed E-state index contributed by atoms with van der Waals surface area (Å²) < 4.78 is 0. The standard InChI is InChI=1S/C21H30N2O4/c1-5-9-17(21(26)27)18(14-15(2)3)20(25)22-13-12-19(24)23(4)16-10-7-6-8-11-16/h5-8,10-11,15,17-18H,1,9,12-14H2,2-4H3,(H,22,25)(H,26,27)/t17-,18+/m0/s1. The number of carbonyl (C=O) groups is 3. The molecule has 2 amide bonds. The Bertz CT molecular complexity index is 643. The molecule has 0 aliphatic carbocycles. The summed E-state index contributed by atoms with van der Waals surface area (Å²) in [6, 6.07) is 9.24. The highest BCUT2D eigenvalue weighted by Gasteiger charge is 2.33. The largest absolute Gasteiger partial charge is 0.481 e. The van der Waals surface area contributed by atoms with E-state index in [-0.39, 0.29) is 37.1 Å². The molecule has 0 spiro atoms. The number of allylic oxidation sites excluding steroid dienone is 1. The number of carboxylic acids is 1. The lowest BCUT2D eigenvalue weighted by Gasteiger charge is -2.24. The molecule has 6 nitrogen and oxygen atoms in total. The average Bonchev–Trinajstić information content (AvgIpc) is 2.63. The van der Waals surface area contributed by atoms with Crippen LogP contribution in [0.4, 0.5) is 5.69 Å². The number of hydrogen-bond acceptors (Lipinski definition) is 3. The highest BCUT2D eigenvalue weighted by molar-refractivity contribution is 5.93. The predicted octanol–water partition coefficient (Wildman–Crippen LogP) is 3.09. The van der Waals surface area contributed by atoms with Crippen LogP contribution in [0.3, 0.4) is 0 Å². The number of aliphatic carboxylic acids is 1. The van der Waals surface area contributed by atoms with Crippen molar-refractivity contribution >= 4 is 23.5 Å². The van der Waals surface area contributed by atoms with Gasteiger partial charge in [0.25, 0.3) is 0 Å². The van der Waals surface area contributed by atoms with Gasteiger partial charge >= 0.3 is 5.97 Å². The maximum atomic E-state index is 12.6. The minimum absolute atomic E-state index is 0.122. The molecule has 2 atom stereocenters. The van der Waals surface area contributed by atoms with E-state index in [4.69, 9.17) is 0 Å². The molecule has 1 aromatic rings. The van der Waals surface area contributed by atoms with Crippen LogP contribution in [0.25, 0.3) is 0 Å². The highest BCUT2D eigenvalue weighted by atomic mass is 16.4. The fraction of sp³-hybridized carbons (Fsp3) is 0.476. The molecule has 0 aliphatic rings. The van der Waals surface area contributed by atoms with E-state index in [0.29, 0.717) is 6.42 Å². The average molecular weight is 374 g/mol. The molecule has 1 rings (SSSR count). The van der Waals surface area contributed by atoms with Crippen LogP contribution in [0.5, 0.6) is 0 Å². The number of nitrogens with zero attached hydrogens (tertiary/aromatic N) is 1. The van der Waals surface area contributed by atoms with Crippen LogP contribution in [-0.4, -0.2) is 36.5 Å². The second kappa shape index (κ2) is 11.2. The van der Waals surface area contributed by atoms with Crippen molar-refractivity contribution in [1.29, 1.82) is 0 Å². The zero-order valence-electron chi connectivity index (χ0n) is 16.4. The Morgan fingerprint density at radius 2 is 1.81 bits per heavy atom. The van der Waals surface area contributed by atoms with Gasteiger partial charge in [-0.25, -0.2) is 0 Å². The van der Waals surface area contributed by atoms with Gasteiger partial charge in [0.1, 0.15) is 0 Å². The van der Waals surface area contributed by atoms with Crippen molar-refractivity contribution in [1.82, 2.24) is 5.32 Å². The van der Waals surface area contributed by atoms with E-state index in [1.807, 2.05) is 44.2 Å². The Morgan fingerprint density at radius 1 is 1.19 bits per heavy atom. The van der Waals surface area contributed by atoms with Gasteiger partial charge in [0.05, 0.1) is 11.8 Å². The normalized spacial score (nSPS) is 12.9. The smallest absolute Gasteiger partial charge is 0.307 e. The lowest BCUT2D eigenvalue weighted by Crippen LogP contribution is -2.40. The van der Waals surface area contributed by atoms with Crippen molar-refractivity contribution in [3.63, 3.8) is 0 Å². The summed E-state index contributed by atoms with van der Waals surface area (Å²) in [6.07, 6.45) is 2.37. The number of carboxylic acid groups (broad SMARTS) is 1. The zero-order chi connectivity index (χ0) is 20.4. The topological polar surface area (TPSA) is 86.7 Å². The number of amides is 2. The first-order valence-corrected chi connectivity index (χ1v) is 9.20. The Morgan fingerprint density at radius 3 is 2.33 bits per heavy atom. The highest BCUT2D eigenvalue weighted by Crippen LogP contribution is 2.24. The molecule has 0 saturated heterocycles. The molecule has 0 radical (unpaired) electrons. The lowest BCUT2D eigenvalue weighted by molar-refractivity contribution is -0.147. The van der Waals surface area contributed by atoms with Gasteiger partial charge in [-0.1, -0.05) is 38.1 Å². The summed E-state index contributed by atoms with van der Waals surface area (Å²) in [6.45, 7) is 7.66. The van der Waals surface area contributed by atoms with E-state index < -0.39 is 17.8 Å². The molecule has 27 heavy (non-hydrogen) atoms. The summed E-state index contributed by atoms with van der Waals surface area (Å²) >= 11 is 0. The van der Waals surface area contributed by atoms with Crippen LogP contribution in [-0.2, 0) is 14.4 Å². The monoisotopic (exact) mass is 374 g/mol. The van der Waals surface area contributed by atoms with Gasteiger partial charge in [-0.15, -0.1) is 6.58 Å². The second-order valence-electron chi connectivity index (χ2n) is 7.03. The van der Waals surface area contributed by atoms with Gasteiger partial charge in [0, 0.05) is 25.7 Å². The van der Waals surface area contributed by atoms with Crippen molar-refractivity contribution < 1.29 is 19.5 Å². The third kappa shape index (κ3) is 7.25. The van der Waals surface area contributed by atoms with E-state index >= 15 is 0 Å². The van der Waals surface area contributed by atoms with Gasteiger partial charge in [0.15, 0.2) is 0 Å². The van der Waals surface area contributed by atoms with E-state index in [9.17, 15) is 19.5 Å². The number of rotatable bonds is 11. The van der Waals surface area contributed by atoms with Crippen LogP contribution < -0.4 is 10.2 Å². The van der Waals surface area contributed by atoms with Crippen molar-refractivity contribution in [3.05, 3.63) is 43.0 Å². The minimum Gasteiger partial charge on any atom is -0.481 e. The Kier molecular flexibility index (Phi) is 9.26. The molecule has 148 valence electrons. The van der Waals surface area contributed by atoms with Crippen molar-refractivity contribution in [2.45, 2.75) is 33.1 Å². The van der Waals surface area contributed by atoms with Crippen LogP contribution in [0, 0.1) is 17.8 Å². The van der Waals surface area contributed by atoms with Gasteiger partial charge in [-0.3, -0.25) is 14.4 Å². The lowest BCUT2D eigenvalue weighted by atomic mass is 9.82. The van der Waals surface area contributed by atoms with E-state index in [2.05, 4.69) is 11.9 Å². The molecular formula is C21H30N2O4. The zero-order valence-corrected chi connectivity index (χ0v) is 16.4. The number of hydrogen-bond donors (Lipinski definition) is 2. The summed E-state index contributed by atoms with van der Waals surface area (Å²) in [4.78, 5) is 38.0. The summed E-state index contributed by atoms with van der Waals surface area (Å²) in [7, 11) is 1.69. The molecule has 6 heteroatoms. The summed E-state index contributed by atoms with van der Waals surface area (Å²) in [5.41, 5.74) is 0.781. The Labute approximate surface area is 161 Å². The summed E-state index contributed by atoms with van der Waals surface area (Å²) in [5, 5.41) is 12.2. The Balaban J connectivity index is 2.66. The minimum atomic E-state index is -1.00. The number of benzene rings is 1. The number of carbonyl (C=O) groups excluding carboxylic acids is 2. The van der Waals surface area contributed by atoms with Crippen molar-refractivity contribution in [2.24, 2.45) is 17.8 Å². The molecule has 0 aliphatic heterocycles. The number of nitrogens with one attached hydrogen (secondary N) is 1. The predicted molar refractivity (Wildman–Crippen MR) is 106 cm³/mol. The van der Waals surface area contributed by atoms with Crippen LogP contribution in [0.1, 0.15) is 33.1 Å². The summed E-state index contributed by atoms with van der Waals surface area (Å²) in [5.74, 6) is -2.74. The quantitative estimate of drug-likeness (QED) is 0.583. The van der Waals surface area contributed by atoms with Gasteiger partial charge in [-0.2, -0.15) is 0 Å². The van der Waals surface area contributed by atoms with Crippen LogP contribution in [0.15, 0.2) is 43.0 Å². The molecule has 0 unspecified atom stereocenters. The fourth-order valence-electron chi connectivity index (χ4n) is 2.97. The molecule has 1 aromatic carbocycles. The fourth-order valence-corrected chi connectivity index (χ4v) is 2.97. The molecule has 0 bridgehead atoms. The van der Waals surface area contributed by atoms with Gasteiger partial charge < -0.3 is 15.3 Å². The SMILES string of the molecule is C=CC[C@H](C(=O)O)[C@@H](CC(C)C)C(=O)NCCC(=O)N(C)c1ccccc1. The van der Waals surface area contributed by atoms with E-state index in [1.165, 1.54) is 11.0 Å². The van der Waals surface area contributed by atoms with E-state index in [0.717, 1.165) is 5.69 Å². The van der Waals surface area contributed by atoms with Gasteiger partial charge in [0.2, 0.25) is 11.8 Å². The third-order valence-electron chi connectivity index (χ3n) is 4.44. The van der Waals surface area contributed by atoms with Crippen molar-refractivity contribution in [2.75, 3.05) is 18.5 Å². The number of para-hydroxylation sites is 1. The third-order valence-corrected chi connectivity index (χ3v) is 4.44. The maximum Gasteiger partial charge on any atom is 0.307 e. The molecule has 0 saturated carbocycles. The second-order valence-corrected chi connectivity index (χ2v) is 7.03. The molecule has 2 N–H and O–H groups in total.